The van der Waals surface area contributed by atoms with E-state index in [2.05, 4.69) is 34.9 Å². The first-order valence-corrected chi connectivity index (χ1v) is 9.58. The third-order valence-electron chi connectivity index (χ3n) is 5.48. The summed E-state index contributed by atoms with van der Waals surface area (Å²) in [6.07, 6.45) is 2.02. The van der Waals surface area contributed by atoms with Crippen molar-refractivity contribution in [1.29, 1.82) is 5.26 Å². The van der Waals surface area contributed by atoms with E-state index in [1.54, 1.807) is 0 Å². The lowest BCUT2D eigenvalue weighted by molar-refractivity contribution is -0.660. The van der Waals surface area contributed by atoms with E-state index in [9.17, 15) is 5.26 Å². The Balaban J connectivity index is 1.98. The average Bonchev–Trinajstić information content (AvgIpc) is 3.14. The lowest BCUT2D eigenvalue weighted by atomic mass is 9.93. The molecule has 0 aliphatic carbocycles. The molecule has 0 bridgehead atoms. The van der Waals surface area contributed by atoms with E-state index in [1.807, 2.05) is 68.7 Å². The molecule has 3 heteroatoms. The van der Waals surface area contributed by atoms with Crippen LogP contribution in [0.25, 0.3) is 44.3 Å². The maximum absolute atomic E-state index is 9.92. The zero-order valence-electron chi connectivity index (χ0n) is 16.3. The normalized spacial score (nSPS) is 11.1. The van der Waals surface area contributed by atoms with Crippen LogP contribution in [0.3, 0.4) is 0 Å². The predicted octanol–water partition coefficient (Wildman–Crippen LogP) is 5.92. The van der Waals surface area contributed by atoms with Crippen molar-refractivity contribution in [3.63, 3.8) is 0 Å². The quantitative estimate of drug-likeness (QED) is 0.359. The predicted molar refractivity (Wildman–Crippen MR) is 115 cm³/mol. The number of aromatic nitrogens is 1. The van der Waals surface area contributed by atoms with Crippen LogP contribution in [-0.4, -0.2) is 0 Å². The van der Waals surface area contributed by atoms with Crippen molar-refractivity contribution < 1.29 is 8.98 Å². The fraction of sp³-hybridized carbons (Fsp3) is 0.0769. The Kier molecular flexibility index (Phi) is 3.93. The van der Waals surface area contributed by atoms with Gasteiger partial charge in [0.2, 0.25) is 5.69 Å². The molecular weight excluding hydrogens is 356 g/mol. The highest BCUT2D eigenvalue weighted by molar-refractivity contribution is 6.17. The van der Waals surface area contributed by atoms with Crippen LogP contribution in [0.1, 0.15) is 11.1 Å². The van der Waals surface area contributed by atoms with Crippen LogP contribution in [0.5, 0.6) is 0 Å². The largest absolute Gasteiger partial charge is 0.455 e. The standard InChI is InChI=1S/C26H19N2O/c1-17-15-19(16-27)24-25-20(18-9-4-3-5-10-18)11-8-13-22(25)29-26(24)23(17)21-12-6-7-14-28(21)2/h3-15H,1-2H3/q+1. The van der Waals surface area contributed by atoms with Gasteiger partial charge in [-0.25, -0.2) is 4.57 Å². The SMILES string of the molecule is Cc1cc(C#N)c2c(oc3cccc(-c4ccccc4)c32)c1-c1cccc[n+]1C. The summed E-state index contributed by atoms with van der Waals surface area (Å²) >= 11 is 0. The van der Waals surface area contributed by atoms with Gasteiger partial charge in [-0.3, -0.25) is 0 Å². The Labute approximate surface area is 169 Å². The van der Waals surface area contributed by atoms with Gasteiger partial charge in [0.15, 0.2) is 11.8 Å². The number of nitriles is 1. The van der Waals surface area contributed by atoms with E-state index in [0.29, 0.717) is 5.56 Å². The van der Waals surface area contributed by atoms with Gasteiger partial charge < -0.3 is 4.42 Å². The second-order valence-electron chi connectivity index (χ2n) is 7.28. The van der Waals surface area contributed by atoms with Crippen molar-refractivity contribution in [1.82, 2.24) is 0 Å². The van der Waals surface area contributed by atoms with Crippen molar-refractivity contribution in [2.75, 3.05) is 0 Å². The Morgan fingerprint density at radius 3 is 2.45 bits per heavy atom. The highest BCUT2D eigenvalue weighted by Crippen LogP contribution is 2.42. The van der Waals surface area contributed by atoms with Gasteiger partial charge >= 0.3 is 0 Å². The smallest absolute Gasteiger partial charge is 0.216 e. The summed E-state index contributed by atoms with van der Waals surface area (Å²) in [6.45, 7) is 2.04. The second-order valence-corrected chi connectivity index (χ2v) is 7.28. The zero-order chi connectivity index (χ0) is 20.0. The van der Waals surface area contributed by atoms with Crippen LogP contribution in [0.2, 0.25) is 0 Å². The van der Waals surface area contributed by atoms with Crippen molar-refractivity contribution in [2.24, 2.45) is 7.05 Å². The number of pyridine rings is 1. The molecule has 29 heavy (non-hydrogen) atoms. The van der Waals surface area contributed by atoms with Crippen LogP contribution in [0.4, 0.5) is 0 Å². The maximum Gasteiger partial charge on any atom is 0.216 e. The number of benzene rings is 3. The van der Waals surface area contributed by atoms with Crippen LogP contribution in [-0.2, 0) is 7.05 Å². The monoisotopic (exact) mass is 375 g/mol. The molecule has 0 fully saturated rings. The van der Waals surface area contributed by atoms with Gasteiger partial charge in [-0.15, -0.1) is 0 Å². The van der Waals surface area contributed by atoms with Crippen molar-refractivity contribution >= 4 is 21.9 Å². The fourth-order valence-electron chi connectivity index (χ4n) is 4.17. The zero-order valence-corrected chi connectivity index (χ0v) is 16.3. The van der Waals surface area contributed by atoms with Gasteiger partial charge in [-0.05, 0) is 41.8 Å². The van der Waals surface area contributed by atoms with E-state index in [1.165, 1.54) is 0 Å². The number of fused-ring (bicyclic) bond motifs is 3. The molecule has 138 valence electrons. The highest BCUT2D eigenvalue weighted by Gasteiger charge is 2.24. The van der Waals surface area contributed by atoms with E-state index < -0.39 is 0 Å². The molecule has 2 heterocycles. The summed E-state index contributed by atoms with van der Waals surface area (Å²) in [5, 5.41) is 11.8. The molecule has 0 radical (unpaired) electrons. The average molecular weight is 375 g/mol. The van der Waals surface area contributed by atoms with Gasteiger partial charge in [0.25, 0.3) is 0 Å². The minimum Gasteiger partial charge on any atom is -0.455 e. The molecular formula is C26H19N2O+. The molecule has 0 saturated heterocycles. The number of aryl methyl sites for hydroxylation is 2. The Bertz CT molecular complexity index is 1420. The van der Waals surface area contributed by atoms with E-state index in [4.69, 9.17) is 4.42 Å². The van der Waals surface area contributed by atoms with Crippen LogP contribution < -0.4 is 4.57 Å². The first kappa shape index (κ1) is 17.2. The Morgan fingerprint density at radius 1 is 0.897 bits per heavy atom. The topological polar surface area (TPSA) is 40.8 Å². The third kappa shape index (κ3) is 2.61. The first-order chi connectivity index (χ1) is 14.2. The molecule has 5 aromatic rings. The van der Waals surface area contributed by atoms with E-state index >= 15 is 0 Å². The van der Waals surface area contributed by atoms with Crippen molar-refractivity contribution in [2.45, 2.75) is 6.92 Å². The summed E-state index contributed by atoms with van der Waals surface area (Å²) in [6, 6.07) is 26.8. The van der Waals surface area contributed by atoms with Crippen LogP contribution >= 0.6 is 0 Å². The molecule has 0 spiro atoms. The van der Waals surface area contributed by atoms with Crippen LogP contribution in [0.15, 0.2) is 83.4 Å². The molecule has 3 aromatic carbocycles. The summed E-state index contributed by atoms with van der Waals surface area (Å²) < 4.78 is 8.50. The molecule has 0 unspecified atom stereocenters. The second kappa shape index (κ2) is 6.61. The molecule has 0 saturated carbocycles. The molecule has 5 rings (SSSR count). The Hall–Kier alpha value is -3.90. The van der Waals surface area contributed by atoms with Gasteiger partial charge in [0.05, 0.1) is 17.2 Å². The van der Waals surface area contributed by atoms with Crippen LogP contribution in [0, 0.1) is 18.3 Å². The van der Waals surface area contributed by atoms with Gasteiger partial charge in [0.1, 0.15) is 12.6 Å². The third-order valence-corrected chi connectivity index (χ3v) is 5.48. The summed E-state index contributed by atoms with van der Waals surface area (Å²) in [5.41, 5.74) is 7.49. The Morgan fingerprint density at radius 2 is 1.69 bits per heavy atom. The number of hydrogen-bond donors (Lipinski definition) is 0. The van der Waals surface area contributed by atoms with Gasteiger partial charge in [-0.2, -0.15) is 5.26 Å². The molecule has 3 nitrogen and oxygen atoms in total. The minimum atomic E-state index is 0.641. The molecule has 0 atom stereocenters. The summed E-state index contributed by atoms with van der Waals surface area (Å²) in [5.74, 6) is 0. The summed E-state index contributed by atoms with van der Waals surface area (Å²) in [7, 11) is 2.02. The molecule has 0 amide bonds. The lowest BCUT2D eigenvalue weighted by Crippen LogP contribution is -2.30. The van der Waals surface area contributed by atoms with Gasteiger partial charge in [0, 0.05) is 22.9 Å². The minimum absolute atomic E-state index is 0.641. The van der Waals surface area contributed by atoms with E-state index in [0.717, 1.165) is 49.9 Å². The number of rotatable bonds is 2. The number of furan rings is 1. The summed E-state index contributed by atoms with van der Waals surface area (Å²) in [4.78, 5) is 0. The molecule has 0 aliphatic heterocycles. The van der Waals surface area contributed by atoms with Crippen molar-refractivity contribution in [3.8, 4) is 28.5 Å². The lowest BCUT2D eigenvalue weighted by Gasteiger charge is -2.07. The highest BCUT2D eigenvalue weighted by atomic mass is 16.3. The molecule has 0 aliphatic rings. The number of hydrogen-bond acceptors (Lipinski definition) is 2. The van der Waals surface area contributed by atoms with Gasteiger partial charge in [-0.1, -0.05) is 42.5 Å². The van der Waals surface area contributed by atoms with E-state index in [-0.39, 0.29) is 0 Å². The first-order valence-electron chi connectivity index (χ1n) is 9.58. The number of nitrogens with zero attached hydrogens (tertiary/aromatic N) is 2. The molecule has 2 aromatic heterocycles. The fourth-order valence-corrected chi connectivity index (χ4v) is 4.17. The maximum atomic E-state index is 9.92. The molecule has 0 N–H and O–H groups in total. The van der Waals surface area contributed by atoms with Crippen molar-refractivity contribution in [3.05, 3.63) is 90.1 Å².